The maximum atomic E-state index is 12.3. The number of nitrogens with one attached hydrogen (secondary N) is 1. The van der Waals surface area contributed by atoms with E-state index in [1.165, 1.54) is 0 Å². The molecule has 7 heteroatoms. The Labute approximate surface area is 126 Å². The molecule has 0 bridgehead atoms. The second-order valence-electron chi connectivity index (χ2n) is 4.42. The van der Waals surface area contributed by atoms with E-state index in [-0.39, 0.29) is 4.90 Å². The van der Waals surface area contributed by atoms with Gasteiger partial charge in [-0.3, -0.25) is 4.72 Å². The first kappa shape index (κ1) is 13.8. The Bertz CT molecular complexity index is 809. The highest BCUT2D eigenvalue weighted by Crippen LogP contribution is 2.17. The minimum absolute atomic E-state index is 0.230. The van der Waals surface area contributed by atoms with Crippen molar-refractivity contribution in [3.8, 4) is 0 Å². The summed E-state index contributed by atoms with van der Waals surface area (Å²) in [6, 6.07) is 11.9. The maximum absolute atomic E-state index is 12.3. The molecule has 0 aliphatic carbocycles. The number of benzene rings is 1. The monoisotopic (exact) mass is 319 g/mol. The fourth-order valence-electron chi connectivity index (χ4n) is 1.90. The van der Waals surface area contributed by atoms with Crippen molar-refractivity contribution in [1.82, 2.24) is 9.78 Å². The van der Waals surface area contributed by atoms with Crippen LogP contribution in [0, 0.1) is 0 Å². The van der Waals surface area contributed by atoms with Crippen molar-refractivity contribution >= 4 is 27.2 Å². The van der Waals surface area contributed by atoms with Crippen LogP contribution in [-0.2, 0) is 16.6 Å². The van der Waals surface area contributed by atoms with Crippen LogP contribution in [0.1, 0.15) is 5.56 Å². The Kier molecular flexibility index (Phi) is 3.76. The van der Waals surface area contributed by atoms with Gasteiger partial charge in [-0.15, -0.1) is 0 Å². The SMILES string of the molecule is O=S(=O)(Nc1ccnn1Cc1ccsc1)c1ccccc1. The summed E-state index contributed by atoms with van der Waals surface area (Å²) in [7, 11) is -3.59. The van der Waals surface area contributed by atoms with E-state index in [1.54, 1.807) is 58.6 Å². The predicted octanol–water partition coefficient (Wildman–Crippen LogP) is 2.79. The standard InChI is InChI=1S/C14H13N3O2S2/c18-21(19,13-4-2-1-3-5-13)16-14-6-8-15-17(14)10-12-7-9-20-11-12/h1-9,11,16H,10H2. The number of hydrogen-bond acceptors (Lipinski definition) is 4. The molecule has 2 aromatic heterocycles. The average molecular weight is 319 g/mol. The summed E-state index contributed by atoms with van der Waals surface area (Å²) >= 11 is 1.60. The summed E-state index contributed by atoms with van der Waals surface area (Å²) < 4.78 is 28.8. The lowest BCUT2D eigenvalue weighted by molar-refractivity contribution is 0.599. The second kappa shape index (κ2) is 5.71. The first-order valence-corrected chi connectivity index (χ1v) is 8.68. The van der Waals surface area contributed by atoms with Crippen molar-refractivity contribution in [2.45, 2.75) is 11.4 Å². The number of anilines is 1. The van der Waals surface area contributed by atoms with Gasteiger partial charge in [0.05, 0.1) is 17.6 Å². The summed E-state index contributed by atoms with van der Waals surface area (Å²) in [5.74, 6) is 0.449. The molecule has 3 aromatic rings. The number of nitrogens with zero attached hydrogens (tertiary/aromatic N) is 2. The van der Waals surface area contributed by atoms with Crippen molar-refractivity contribution in [1.29, 1.82) is 0 Å². The van der Waals surface area contributed by atoms with Gasteiger partial charge in [-0.25, -0.2) is 13.1 Å². The lowest BCUT2D eigenvalue weighted by atomic mass is 10.3. The summed E-state index contributed by atoms with van der Waals surface area (Å²) in [5.41, 5.74) is 1.09. The first-order valence-electron chi connectivity index (χ1n) is 6.26. The van der Waals surface area contributed by atoms with Gasteiger partial charge < -0.3 is 0 Å². The van der Waals surface area contributed by atoms with E-state index in [0.717, 1.165) is 5.56 Å². The minimum atomic E-state index is -3.59. The van der Waals surface area contributed by atoms with E-state index < -0.39 is 10.0 Å². The summed E-state index contributed by atoms with van der Waals surface area (Å²) in [4.78, 5) is 0.230. The molecule has 21 heavy (non-hydrogen) atoms. The van der Waals surface area contributed by atoms with Crippen LogP contribution in [0.2, 0.25) is 0 Å². The van der Waals surface area contributed by atoms with Crippen molar-refractivity contribution in [3.63, 3.8) is 0 Å². The Morgan fingerprint density at radius 2 is 1.95 bits per heavy atom. The molecule has 1 N–H and O–H groups in total. The minimum Gasteiger partial charge on any atom is -0.264 e. The Hall–Kier alpha value is -2.12. The molecule has 3 rings (SSSR count). The van der Waals surface area contributed by atoms with Gasteiger partial charge in [0, 0.05) is 6.07 Å². The largest absolute Gasteiger partial charge is 0.264 e. The van der Waals surface area contributed by atoms with E-state index >= 15 is 0 Å². The molecule has 0 spiro atoms. The third kappa shape index (κ3) is 3.14. The van der Waals surface area contributed by atoms with Gasteiger partial charge in [0.2, 0.25) is 0 Å². The van der Waals surface area contributed by atoms with Crippen molar-refractivity contribution in [2.75, 3.05) is 4.72 Å². The number of rotatable bonds is 5. The van der Waals surface area contributed by atoms with E-state index in [0.29, 0.717) is 12.4 Å². The zero-order valence-corrected chi connectivity index (χ0v) is 12.6. The van der Waals surface area contributed by atoms with Crippen LogP contribution in [-0.4, -0.2) is 18.2 Å². The predicted molar refractivity (Wildman–Crippen MR) is 82.9 cm³/mol. The molecule has 0 saturated carbocycles. The zero-order valence-electron chi connectivity index (χ0n) is 11.0. The van der Waals surface area contributed by atoms with E-state index in [4.69, 9.17) is 0 Å². The second-order valence-corrected chi connectivity index (χ2v) is 6.89. The quantitative estimate of drug-likeness (QED) is 0.786. The van der Waals surface area contributed by atoms with Crippen molar-refractivity contribution < 1.29 is 8.42 Å². The van der Waals surface area contributed by atoms with Gasteiger partial charge in [0.15, 0.2) is 0 Å². The topological polar surface area (TPSA) is 64.0 Å². The van der Waals surface area contributed by atoms with Gasteiger partial charge in [0.25, 0.3) is 10.0 Å². The Morgan fingerprint density at radius 3 is 2.67 bits per heavy atom. The fraction of sp³-hybridized carbons (Fsp3) is 0.0714. The fourth-order valence-corrected chi connectivity index (χ4v) is 3.64. The van der Waals surface area contributed by atoms with Crippen LogP contribution >= 0.6 is 11.3 Å². The lowest BCUT2D eigenvalue weighted by Gasteiger charge is -2.10. The molecule has 0 amide bonds. The highest BCUT2D eigenvalue weighted by Gasteiger charge is 2.16. The molecule has 0 saturated heterocycles. The van der Waals surface area contributed by atoms with Gasteiger partial charge in [0.1, 0.15) is 5.82 Å². The molecule has 0 atom stereocenters. The summed E-state index contributed by atoms with van der Waals surface area (Å²) in [5, 5.41) is 8.15. The molecular formula is C14H13N3O2S2. The number of aromatic nitrogens is 2. The maximum Gasteiger partial charge on any atom is 0.263 e. The van der Waals surface area contributed by atoms with Crippen molar-refractivity contribution in [3.05, 3.63) is 65.0 Å². The average Bonchev–Trinajstić information content (AvgIpc) is 3.13. The third-order valence-electron chi connectivity index (χ3n) is 2.92. The number of hydrogen-bond donors (Lipinski definition) is 1. The van der Waals surface area contributed by atoms with Crippen LogP contribution in [0.15, 0.2) is 64.3 Å². The summed E-state index contributed by atoms with van der Waals surface area (Å²) in [6.45, 7) is 0.531. The molecule has 1 aromatic carbocycles. The van der Waals surface area contributed by atoms with Crippen LogP contribution in [0.3, 0.4) is 0 Å². The zero-order chi connectivity index (χ0) is 14.7. The molecule has 0 aliphatic rings. The van der Waals surface area contributed by atoms with Gasteiger partial charge in [-0.1, -0.05) is 18.2 Å². The Balaban J connectivity index is 1.84. The third-order valence-corrected chi connectivity index (χ3v) is 5.02. The normalized spacial score (nSPS) is 11.4. The first-order chi connectivity index (χ1) is 10.1. The number of sulfonamides is 1. The molecule has 0 radical (unpaired) electrons. The molecule has 0 fully saturated rings. The summed E-state index contributed by atoms with van der Waals surface area (Å²) in [6.07, 6.45) is 1.58. The lowest BCUT2D eigenvalue weighted by Crippen LogP contribution is -2.16. The molecule has 0 unspecified atom stereocenters. The van der Waals surface area contributed by atoms with E-state index in [2.05, 4.69) is 9.82 Å². The van der Waals surface area contributed by atoms with Gasteiger partial charge in [-0.2, -0.15) is 16.4 Å². The molecule has 108 valence electrons. The van der Waals surface area contributed by atoms with Crippen molar-refractivity contribution in [2.24, 2.45) is 0 Å². The van der Waals surface area contributed by atoms with Crippen LogP contribution in [0.5, 0.6) is 0 Å². The highest BCUT2D eigenvalue weighted by atomic mass is 32.2. The molecule has 0 aliphatic heterocycles. The number of thiophene rings is 1. The van der Waals surface area contributed by atoms with Crippen LogP contribution < -0.4 is 4.72 Å². The van der Waals surface area contributed by atoms with Crippen LogP contribution in [0.25, 0.3) is 0 Å². The van der Waals surface area contributed by atoms with Gasteiger partial charge in [-0.05, 0) is 34.5 Å². The Morgan fingerprint density at radius 1 is 1.14 bits per heavy atom. The van der Waals surface area contributed by atoms with E-state index in [1.807, 2.05) is 16.8 Å². The highest BCUT2D eigenvalue weighted by molar-refractivity contribution is 7.92. The van der Waals surface area contributed by atoms with Gasteiger partial charge >= 0.3 is 0 Å². The van der Waals surface area contributed by atoms with Crippen LogP contribution in [0.4, 0.5) is 5.82 Å². The molecule has 2 heterocycles. The smallest absolute Gasteiger partial charge is 0.263 e. The molecular weight excluding hydrogens is 306 g/mol. The molecule has 5 nitrogen and oxygen atoms in total. The van der Waals surface area contributed by atoms with E-state index in [9.17, 15) is 8.42 Å².